The molecule has 0 saturated carbocycles. The molecule has 1 aliphatic rings. The zero-order valence-corrected chi connectivity index (χ0v) is 8.01. The van der Waals surface area contributed by atoms with Crippen molar-refractivity contribution in [3.63, 3.8) is 0 Å². The second kappa shape index (κ2) is 4.58. The van der Waals surface area contributed by atoms with E-state index in [2.05, 4.69) is 5.32 Å². The van der Waals surface area contributed by atoms with Gasteiger partial charge in [-0.1, -0.05) is 0 Å². The van der Waals surface area contributed by atoms with Crippen molar-refractivity contribution < 1.29 is 14.6 Å². The van der Waals surface area contributed by atoms with E-state index in [1.807, 2.05) is 0 Å². The molecule has 0 aromatic carbocycles. The largest absolute Gasteiger partial charge is 0.481 e. The SMILES string of the molecule is COCCCC1(C(=O)O)CCNC1. The van der Waals surface area contributed by atoms with Crippen LogP contribution in [0.15, 0.2) is 0 Å². The summed E-state index contributed by atoms with van der Waals surface area (Å²) in [5.74, 6) is -0.673. The predicted octanol–water partition coefficient (Wildman–Crippen LogP) is 0.477. The van der Waals surface area contributed by atoms with Crippen molar-refractivity contribution >= 4 is 5.97 Å². The number of ether oxygens (including phenoxy) is 1. The van der Waals surface area contributed by atoms with Crippen LogP contribution in [0.1, 0.15) is 19.3 Å². The lowest BCUT2D eigenvalue weighted by molar-refractivity contribution is -0.148. The summed E-state index contributed by atoms with van der Waals surface area (Å²) < 4.78 is 4.91. The maximum atomic E-state index is 11.0. The van der Waals surface area contributed by atoms with Crippen LogP contribution >= 0.6 is 0 Å². The van der Waals surface area contributed by atoms with Gasteiger partial charge in [0.25, 0.3) is 0 Å². The molecule has 4 heteroatoms. The zero-order valence-electron chi connectivity index (χ0n) is 8.01. The molecule has 1 aliphatic heterocycles. The molecule has 0 radical (unpaired) electrons. The van der Waals surface area contributed by atoms with Crippen molar-refractivity contribution in [3.8, 4) is 0 Å². The van der Waals surface area contributed by atoms with E-state index >= 15 is 0 Å². The summed E-state index contributed by atoms with van der Waals surface area (Å²) >= 11 is 0. The first-order valence-corrected chi connectivity index (χ1v) is 4.64. The molecule has 1 rings (SSSR count). The minimum atomic E-state index is -0.673. The summed E-state index contributed by atoms with van der Waals surface area (Å²) in [7, 11) is 1.64. The Morgan fingerprint density at radius 2 is 2.46 bits per heavy atom. The Morgan fingerprint density at radius 1 is 1.69 bits per heavy atom. The van der Waals surface area contributed by atoms with Crippen LogP contribution in [-0.2, 0) is 9.53 Å². The maximum absolute atomic E-state index is 11.0. The highest BCUT2D eigenvalue weighted by atomic mass is 16.5. The Balaban J connectivity index is 2.43. The fraction of sp³-hybridized carbons (Fsp3) is 0.889. The fourth-order valence-electron chi connectivity index (χ4n) is 1.80. The number of carboxylic acids is 1. The molecule has 1 fully saturated rings. The monoisotopic (exact) mass is 187 g/mol. The van der Waals surface area contributed by atoms with E-state index in [4.69, 9.17) is 9.84 Å². The first-order valence-electron chi connectivity index (χ1n) is 4.64. The number of carbonyl (C=O) groups is 1. The fourth-order valence-corrected chi connectivity index (χ4v) is 1.80. The highest BCUT2D eigenvalue weighted by Gasteiger charge is 2.40. The molecule has 0 spiro atoms. The molecule has 2 N–H and O–H groups in total. The Bertz CT molecular complexity index is 176. The summed E-state index contributed by atoms with van der Waals surface area (Å²) in [6.07, 6.45) is 2.28. The molecule has 1 atom stereocenters. The smallest absolute Gasteiger partial charge is 0.310 e. The molecular formula is C9H17NO3. The molecule has 0 amide bonds. The lowest BCUT2D eigenvalue weighted by Crippen LogP contribution is -2.33. The Morgan fingerprint density at radius 3 is 2.92 bits per heavy atom. The van der Waals surface area contributed by atoms with Gasteiger partial charge in [-0.05, 0) is 25.8 Å². The van der Waals surface area contributed by atoms with E-state index in [1.165, 1.54) is 0 Å². The van der Waals surface area contributed by atoms with Crippen LogP contribution in [0.3, 0.4) is 0 Å². The van der Waals surface area contributed by atoms with Gasteiger partial charge in [0.05, 0.1) is 5.41 Å². The number of hydrogen-bond acceptors (Lipinski definition) is 3. The van der Waals surface area contributed by atoms with Crippen LogP contribution in [0.25, 0.3) is 0 Å². The molecule has 4 nitrogen and oxygen atoms in total. The standard InChI is InChI=1S/C9H17NO3/c1-13-6-2-3-9(8(11)12)4-5-10-7-9/h10H,2-7H2,1H3,(H,11,12). The van der Waals surface area contributed by atoms with Gasteiger partial charge in [-0.2, -0.15) is 0 Å². The summed E-state index contributed by atoms with van der Waals surface area (Å²) in [4.78, 5) is 11.0. The van der Waals surface area contributed by atoms with Gasteiger partial charge >= 0.3 is 5.97 Å². The van der Waals surface area contributed by atoms with Crippen LogP contribution in [0.5, 0.6) is 0 Å². The van der Waals surface area contributed by atoms with Crippen molar-refractivity contribution in [2.24, 2.45) is 5.41 Å². The topological polar surface area (TPSA) is 58.6 Å². The summed E-state index contributed by atoms with van der Waals surface area (Å²) in [6, 6.07) is 0. The third-order valence-electron chi connectivity index (χ3n) is 2.70. The Hall–Kier alpha value is -0.610. The van der Waals surface area contributed by atoms with E-state index in [1.54, 1.807) is 7.11 Å². The zero-order chi connectivity index (χ0) is 9.73. The number of rotatable bonds is 5. The first-order chi connectivity index (χ1) is 6.21. The van der Waals surface area contributed by atoms with Crippen LogP contribution in [0.2, 0.25) is 0 Å². The number of hydrogen-bond donors (Lipinski definition) is 2. The number of nitrogens with one attached hydrogen (secondary N) is 1. The number of aliphatic carboxylic acids is 1. The van der Waals surface area contributed by atoms with E-state index in [-0.39, 0.29) is 0 Å². The van der Waals surface area contributed by atoms with Gasteiger partial charge in [-0.15, -0.1) is 0 Å². The van der Waals surface area contributed by atoms with E-state index in [9.17, 15) is 4.79 Å². The molecule has 76 valence electrons. The number of methoxy groups -OCH3 is 1. The molecule has 1 heterocycles. The normalized spacial score (nSPS) is 27.8. The lowest BCUT2D eigenvalue weighted by atomic mass is 9.82. The molecule has 0 aromatic rings. The first kappa shape index (κ1) is 10.5. The van der Waals surface area contributed by atoms with Crippen LogP contribution in [-0.4, -0.2) is 37.9 Å². The molecular weight excluding hydrogens is 170 g/mol. The van der Waals surface area contributed by atoms with Gasteiger partial charge in [0, 0.05) is 20.3 Å². The summed E-state index contributed by atoms with van der Waals surface area (Å²) in [5, 5.41) is 12.2. The highest BCUT2D eigenvalue weighted by Crippen LogP contribution is 2.31. The summed E-state index contributed by atoms with van der Waals surface area (Å²) in [5.41, 5.74) is -0.529. The van der Waals surface area contributed by atoms with Crippen molar-refractivity contribution in [1.29, 1.82) is 0 Å². The average Bonchev–Trinajstić information content (AvgIpc) is 2.55. The second-order valence-corrected chi connectivity index (χ2v) is 3.61. The molecule has 0 aromatic heterocycles. The van der Waals surface area contributed by atoms with Crippen LogP contribution < -0.4 is 5.32 Å². The highest BCUT2D eigenvalue weighted by molar-refractivity contribution is 5.75. The minimum Gasteiger partial charge on any atom is -0.481 e. The van der Waals surface area contributed by atoms with Gasteiger partial charge in [-0.3, -0.25) is 4.79 Å². The number of carboxylic acid groups (broad SMARTS) is 1. The van der Waals surface area contributed by atoms with Crippen molar-refractivity contribution in [3.05, 3.63) is 0 Å². The van der Waals surface area contributed by atoms with Gasteiger partial charge in [0.2, 0.25) is 0 Å². The lowest BCUT2D eigenvalue weighted by Gasteiger charge is -2.22. The molecule has 0 aliphatic carbocycles. The van der Waals surface area contributed by atoms with Crippen LogP contribution in [0, 0.1) is 5.41 Å². The van der Waals surface area contributed by atoms with Gasteiger partial charge in [0.15, 0.2) is 0 Å². The van der Waals surface area contributed by atoms with Gasteiger partial charge in [0.1, 0.15) is 0 Å². The third-order valence-corrected chi connectivity index (χ3v) is 2.70. The van der Waals surface area contributed by atoms with Crippen molar-refractivity contribution in [1.82, 2.24) is 5.32 Å². The average molecular weight is 187 g/mol. The van der Waals surface area contributed by atoms with Crippen molar-refractivity contribution in [2.45, 2.75) is 19.3 Å². The van der Waals surface area contributed by atoms with E-state index in [0.29, 0.717) is 19.6 Å². The van der Waals surface area contributed by atoms with Crippen LogP contribution in [0.4, 0.5) is 0 Å². The second-order valence-electron chi connectivity index (χ2n) is 3.61. The Kier molecular flexibility index (Phi) is 3.69. The van der Waals surface area contributed by atoms with Crippen molar-refractivity contribution in [2.75, 3.05) is 26.8 Å². The third kappa shape index (κ3) is 2.42. The quantitative estimate of drug-likeness (QED) is 0.614. The summed E-state index contributed by atoms with van der Waals surface area (Å²) in [6.45, 7) is 2.07. The predicted molar refractivity (Wildman–Crippen MR) is 48.7 cm³/mol. The minimum absolute atomic E-state index is 0.529. The maximum Gasteiger partial charge on any atom is 0.310 e. The van der Waals surface area contributed by atoms with Gasteiger partial charge < -0.3 is 15.2 Å². The molecule has 0 bridgehead atoms. The van der Waals surface area contributed by atoms with E-state index < -0.39 is 11.4 Å². The molecule has 1 unspecified atom stereocenters. The van der Waals surface area contributed by atoms with E-state index in [0.717, 1.165) is 19.4 Å². The molecule has 13 heavy (non-hydrogen) atoms. The Labute approximate surface area is 78.3 Å². The van der Waals surface area contributed by atoms with Gasteiger partial charge in [-0.25, -0.2) is 0 Å². The molecule has 1 saturated heterocycles.